The first-order chi connectivity index (χ1) is 24.5. The number of pyridine rings is 2. The van der Waals surface area contributed by atoms with Gasteiger partial charge in [-0.2, -0.15) is 0 Å². The van der Waals surface area contributed by atoms with E-state index in [4.69, 9.17) is 24.2 Å². The van der Waals surface area contributed by atoms with E-state index >= 15 is 0 Å². The van der Waals surface area contributed by atoms with Gasteiger partial charge in [0.2, 0.25) is 11.8 Å². The zero-order chi connectivity index (χ0) is 35.0. The van der Waals surface area contributed by atoms with Crippen LogP contribution in [0.3, 0.4) is 0 Å². The third-order valence-electron chi connectivity index (χ3n) is 8.99. The van der Waals surface area contributed by atoms with Gasteiger partial charge in [0.15, 0.2) is 0 Å². The van der Waals surface area contributed by atoms with Gasteiger partial charge in [0.1, 0.15) is 18.2 Å². The zero-order valence-corrected chi connectivity index (χ0v) is 29.6. The third-order valence-corrected chi connectivity index (χ3v) is 8.99. The van der Waals surface area contributed by atoms with Crippen LogP contribution in [-0.4, -0.2) is 44.4 Å². The van der Waals surface area contributed by atoms with E-state index < -0.39 is 6.10 Å². The number of hydrogen-bond donors (Lipinski definition) is 1. The lowest BCUT2D eigenvalue weighted by Crippen LogP contribution is -2.17. The molecule has 3 aromatic carbocycles. The van der Waals surface area contributed by atoms with Gasteiger partial charge >= 0.3 is 0 Å². The van der Waals surface area contributed by atoms with Gasteiger partial charge in [0.05, 0.1) is 43.1 Å². The molecule has 4 heterocycles. The predicted molar refractivity (Wildman–Crippen MR) is 199 cm³/mol. The van der Waals surface area contributed by atoms with Crippen molar-refractivity contribution in [3.8, 4) is 39.9 Å². The number of methoxy groups -OCH3 is 1. The molecule has 0 radical (unpaired) electrons. The van der Waals surface area contributed by atoms with E-state index in [1.165, 1.54) is 5.56 Å². The number of fused-ring (bicyclic) bond motifs is 7. The highest BCUT2D eigenvalue weighted by atomic mass is 16.5. The lowest BCUT2D eigenvalue weighted by molar-refractivity contribution is 0.150. The Morgan fingerprint density at radius 1 is 0.880 bits per heavy atom. The van der Waals surface area contributed by atoms with Crippen molar-refractivity contribution in [2.45, 2.75) is 72.6 Å². The number of imidazole rings is 1. The Balaban J connectivity index is 0.00000212. The lowest BCUT2D eigenvalue weighted by atomic mass is 9.97. The van der Waals surface area contributed by atoms with E-state index in [1.807, 2.05) is 51.1 Å². The third kappa shape index (κ3) is 7.81. The molecule has 1 atom stereocenters. The highest BCUT2D eigenvalue weighted by Gasteiger charge is 2.18. The van der Waals surface area contributed by atoms with Gasteiger partial charge < -0.3 is 23.9 Å². The first-order valence-electron chi connectivity index (χ1n) is 17.6. The maximum Gasteiger partial charge on any atom is 0.214 e. The Hall–Kier alpha value is -5.21. The van der Waals surface area contributed by atoms with Crippen LogP contribution in [0.15, 0.2) is 91.1 Å². The lowest BCUT2D eigenvalue weighted by Gasteiger charge is -2.18. The summed E-state index contributed by atoms with van der Waals surface area (Å²) < 4.78 is 20.4. The number of ether oxygens (including phenoxy) is 3. The van der Waals surface area contributed by atoms with Gasteiger partial charge in [0, 0.05) is 35.9 Å². The van der Waals surface area contributed by atoms with Crippen LogP contribution in [0.1, 0.15) is 61.7 Å². The molecule has 8 nitrogen and oxygen atoms in total. The van der Waals surface area contributed by atoms with Gasteiger partial charge in [-0.3, -0.25) is 0 Å². The SMILES string of the molecule is CC.CCC(O)Cn1c(Cc2ccc3cc2OCCCc2cc(-c4ccnc(OC)c4)ccc2COc2cccc-3n2)nc2ccc(C)cc21. The van der Waals surface area contributed by atoms with Crippen LogP contribution >= 0.6 is 0 Å². The maximum absolute atomic E-state index is 10.7. The monoisotopic (exact) mass is 670 g/mol. The van der Waals surface area contributed by atoms with Crippen molar-refractivity contribution < 1.29 is 19.3 Å². The minimum atomic E-state index is -0.456. The number of nitrogens with zero attached hydrogens (tertiary/aromatic N) is 4. The first-order valence-corrected chi connectivity index (χ1v) is 17.6. The fraction of sp³-hybridized carbons (Fsp3) is 0.310. The molecule has 50 heavy (non-hydrogen) atoms. The Bertz CT molecular complexity index is 2070. The molecule has 7 rings (SSSR count). The van der Waals surface area contributed by atoms with Gasteiger partial charge in [-0.15, -0.1) is 0 Å². The predicted octanol–water partition coefficient (Wildman–Crippen LogP) is 8.77. The van der Waals surface area contributed by atoms with E-state index in [0.717, 1.165) is 74.5 Å². The summed E-state index contributed by atoms with van der Waals surface area (Å²) in [6, 6.07) is 28.9. The molecule has 0 spiro atoms. The number of aryl methyl sites for hydroxylation is 2. The van der Waals surface area contributed by atoms with Crippen molar-refractivity contribution in [3.63, 3.8) is 0 Å². The molecule has 8 heteroatoms. The summed E-state index contributed by atoms with van der Waals surface area (Å²) in [7, 11) is 1.63. The topological polar surface area (TPSA) is 91.5 Å². The average Bonchev–Trinajstić information content (AvgIpc) is 3.48. The van der Waals surface area contributed by atoms with Crippen molar-refractivity contribution in [1.82, 2.24) is 19.5 Å². The second-order valence-electron chi connectivity index (χ2n) is 12.4. The van der Waals surface area contributed by atoms with Crippen LogP contribution in [0.4, 0.5) is 0 Å². The first kappa shape index (κ1) is 34.6. The summed E-state index contributed by atoms with van der Waals surface area (Å²) in [5.74, 6) is 2.86. The Morgan fingerprint density at radius 2 is 1.72 bits per heavy atom. The summed E-state index contributed by atoms with van der Waals surface area (Å²) in [5.41, 5.74) is 10.4. The van der Waals surface area contributed by atoms with Crippen molar-refractivity contribution >= 4 is 11.0 Å². The number of hydrogen-bond acceptors (Lipinski definition) is 7. The molecule has 0 amide bonds. The largest absolute Gasteiger partial charge is 0.493 e. The quantitative estimate of drug-likeness (QED) is 0.182. The van der Waals surface area contributed by atoms with E-state index in [0.29, 0.717) is 44.4 Å². The smallest absolute Gasteiger partial charge is 0.214 e. The standard InChI is InChI=1S/C40H40N4O4.C2H6/c1-4-33(45)24-44-36-19-26(2)10-15-35(36)42-38(44)22-31-13-12-30-21-37(31)47-18-6-7-27-20-28(29-16-17-41-40(23-29)46-3)11-14-32(27)25-48-39-9-5-8-34(30)43-39;1-2/h5,8-17,19-21,23,33,45H,4,6-7,18,22,24-25H2,1-3H3;1-2H3. The van der Waals surface area contributed by atoms with E-state index in [9.17, 15) is 5.11 Å². The van der Waals surface area contributed by atoms with Crippen LogP contribution in [0.25, 0.3) is 33.4 Å². The molecule has 0 aliphatic carbocycles. The maximum atomic E-state index is 10.7. The fourth-order valence-electron chi connectivity index (χ4n) is 6.26. The molecule has 1 aliphatic heterocycles. The zero-order valence-electron chi connectivity index (χ0n) is 29.6. The molecule has 1 aliphatic rings. The fourth-order valence-corrected chi connectivity index (χ4v) is 6.26. The van der Waals surface area contributed by atoms with Crippen molar-refractivity contribution in [2.75, 3.05) is 13.7 Å². The number of rotatable bonds is 7. The summed E-state index contributed by atoms with van der Waals surface area (Å²) in [5, 5.41) is 10.7. The van der Waals surface area contributed by atoms with Crippen LogP contribution in [0.2, 0.25) is 0 Å². The number of aliphatic hydroxyl groups is 1. The van der Waals surface area contributed by atoms with Crippen LogP contribution in [-0.2, 0) is 26.0 Å². The highest BCUT2D eigenvalue weighted by molar-refractivity contribution is 5.77. The number of benzene rings is 3. The van der Waals surface area contributed by atoms with E-state index in [2.05, 4.69) is 71.1 Å². The molecule has 0 saturated carbocycles. The molecular formula is C42H46N4O4. The van der Waals surface area contributed by atoms with Gasteiger partial charge in [-0.05, 0) is 84.3 Å². The van der Waals surface area contributed by atoms with Crippen LogP contribution in [0.5, 0.6) is 17.5 Å². The summed E-state index contributed by atoms with van der Waals surface area (Å²) >= 11 is 0. The summed E-state index contributed by atoms with van der Waals surface area (Å²) in [6.45, 7) is 9.54. The van der Waals surface area contributed by atoms with Gasteiger partial charge in [0.25, 0.3) is 0 Å². The second-order valence-corrected chi connectivity index (χ2v) is 12.4. The molecule has 1 N–H and O–H groups in total. The number of aliphatic hydroxyl groups excluding tert-OH is 1. The second kappa shape index (κ2) is 16.0. The molecule has 4 bridgehead atoms. The molecule has 258 valence electrons. The molecule has 1 unspecified atom stereocenters. The van der Waals surface area contributed by atoms with E-state index in [1.54, 1.807) is 13.3 Å². The van der Waals surface area contributed by atoms with Crippen LogP contribution < -0.4 is 14.2 Å². The van der Waals surface area contributed by atoms with Gasteiger partial charge in [-0.1, -0.05) is 63.2 Å². The Labute approximate surface area is 294 Å². The molecule has 6 aromatic rings. The van der Waals surface area contributed by atoms with Crippen molar-refractivity contribution in [1.29, 1.82) is 0 Å². The highest BCUT2D eigenvalue weighted by Crippen LogP contribution is 2.32. The normalized spacial score (nSPS) is 13.2. The minimum absolute atomic E-state index is 0.421. The average molecular weight is 671 g/mol. The minimum Gasteiger partial charge on any atom is -0.493 e. The molecule has 0 fully saturated rings. The molecule has 0 saturated heterocycles. The molecular weight excluding hydrogens is 624 g/mol. The Kier molecular flexibility index (Phi) is 11.1. The van der Waals surface area contributed by atoms with Gasteiger partial charge in [-0.25, -0.2) is 15.0 Å². The van der Waals surface area contributed by atoms with Crippen LogP contribution in [0, 0.1) is 6.92 Å². The van der Waals surface area contributed by atoms with Crippen molar-refractivity contribution in [2.24, 2.45) is 0 Å². The summed E-state index contributed by atoms with van der Waals surface area (Å²) in [4.78, 5) is 14.1. The Morgan fingerprint density at radius 3 is 2.56 bits per heavy atom. The number of aromatic nitrogens is 4. The molecule has 3 aromatic heterocycles. The van der Waals surface area contributed by atoms with Crippen molar-refractivity contribution in [3.05, 3.63) is 119 Å². The summed E-state index contributed by atoms with van der Waals surface area (Å²) in [6.07, 6.45) is 4.19. The van der Waals surface area contributed by atoms with E-state index in [-0.39, 0.29) is 0 Å².